The fourth-order valence-corrected chi connectivity index (χ4v) is 7.34. The summed E-state index contributed by atoms with van der Waals surface area (Å²) in [6, 6.07) is 9.64. The Hall–Kier alpha value is -4.18. The molecular weight excluding hydrogens is 606 g/mol. The summed E-state index contributed by atoms with van der Waals surface area (Å²) >= 11 is 3.22. The lowest BCUT2D eigenvalue weighted by Gasteiger charge is -2.42. The number of imide groups is 1. The molecule has 42 heavy (non-hydrogen) atoms. The van der Waals surface area contributed by atoms with Gasteiger partial charge in [0.25, 0.3) is 0 Å². The number of phenols is 2. The zero-order valence-corrected chi connectivity index (χ0v) is 24.5. The minimum absolute atomic E-state index is 0.121. The van der Waals surface area contributed by atoms with Crippen molar-refractivity contribution in [1.29, 1.82) is 0 Å². The second-order valence-corrected chi connectivity index (χ2v) is 11.8. The summed E-state index contributed by atoms with van der Waals surface area (Å²) in [6.07, 6.45) is 3.97. The number of rotatable bonds is 6. The Bertz CT molecular complexity index is 1640. The number of nitrogens with zero attached hydrogens (tertiary/aromatic N) is 1. The summed E-state index contributed by atoms with van der Waals surface area (Å²) in [5.41, 5.74) is 2.39. The van der Waals surface area contributed by atoms with Crippen LogP contribution < -0.4 is 9.47 Å². The Morgan fingerprint density at radius 2 is 1.71 bits per heavy atom. The molecule has 9 nitrogen and oxygen atoms in total. The number of likely N-dealkylation sites (tertiary alicyclic amines) is 1. The van der Waals surface area contributed by atoms with Crippen LogP contribution in [0.5, 0.6) is 23.0 Å². The van der Waals surface area contributed by atoms with Gasteiger partial charge in [0.15, 0.2) is 11.6 Å². The molecule has 2 aromatic carbocycles. The lowest BCUT2D eigenvalue weighted by Crippen LogP contribution is -2.40. The summed E-state index contributed by atoms with van der Waals surface area (Å²) < 4.78 is 11.1. The van der Waals surface area contributed by atoms with Gasteiger partial charge < -0.3 is 19.7 Å². The van der Waals surface area contributed by atoms with Crippen molar-refractivity contribution in [3.8, 4) is 23.0 Å². The zero-order valence-electron chi connectivity index (χ0n) is 22.9. The highest BCUT2D eigenvalue weighted by Gasteiger charge is 2.56. The van der Waals surface area contributed by atoms with Crippen LogP contribution in [-0.2, 0) is 25.6 Å². The number of allylic oxidation sites excluding steroid dienone is 6. The Morgan fingerprint density at radius 3 is 2.40 bits per heavy atom. The first-order valence-corrected chi connectivity index (χ1v) is 14.4. The predicted molar refractivity (Wildman–Crippen MR) is 154 cm³/mol. The van der Waals surface area contributed by atoms with E-state index in [-0.39, 0.29) is 75.6 Å². The van der Waals surface area contributed by atoms with E-state index in [2.05, 4.69) is 15.9 Å². The Balaban J connectivity index is 1.42. The molecule has 2 amide bonds. The smallest absolute Gasteiger partial charge is 0.233 e. The highest BCUT2D eigenvalue weighted by atomic mass is 79.9. The number of methoxy groups -OCH3 is 2. The molecule has 0 unspecified atom stereocenters. The number of halogens is 1. The third-order valence-electron chi connectivity index (χ3n) is 8.82. The van der Waals surface area contributed by atoms with Gasteiger partial charge in [0.1, 0.15) is 23.0 Å². The molecule has 4 aliphatic rings. The number of fused-ring (bicyclic) bond motifs is 3. The van der Waals surface area contributed by atoms with Crippen LogP contribution in [0.2, 0.25) is 0 Å². The molecule has 0 aromatic heterocycles. The molecule has 0 radical (unpaired) electrons. The number of amides is 2. The molecular formula is C32H28BrNO8. The fraction of sp³-hybridized carbons (Fsp3) is 0.312. The monoisotopic (exact) mass is 633 g/mol. The lowest BCUT2D eigenvalue weighted by molar-refractivity contribution is -0.140. The van der Waals surface area contributed by atoms with Gasteiger partial charge >= 0.3 is 0 Å². The molecule has 0 bridgehead atoms. The highest BCUT2D eigenvalue weighted by molar-refractivity contribution is 9.12. The molecule has 1 saturated heterocycles. The first-order valence-electron chi connectivity index (χ1n) is 13.6. The number of carbonyl (C=O) groups is 4. The van der Waals surface area contributed by atoms with Gasteiger partial charge in [-0.25, -0.2) is 0 Å². The SMILES string of the molecule is COc1cc(O)c([C@H]2C3=CC[C@@H]4C(=O)N(CCc5ccc(O)cc5)C(=O)[C@@H]4[C@@H]3CC3=C2C(=O)C=C(Br)C3=O)c(OC)c1. The average molecular weight is 634 g/mol. The van der Waals surface area contributed by atoms with E-state index in [1.807, 2.05) is 6.08 Å². The van der Waals surface area contributed by atoms with E-state index in [0.29, 0.717) is 23.3 Å². The Kier molecular flexibility index (Phi) is 7.04. The standard InChI is InChI=1S/C32H28BrNO8/c1-41-17-11-23(36)29(25(12-17)42-2)28-18-7-8-19-26(20(18)13-21-27(28)24(37)14-22(33)30(21)38)32(40)34(31(19)39)10-9-15-3-5-16(35)6-4-15/h3-7,11-12,14,19-20,26,28,35-36H,8-10,13H2,1-2H3/t19-,20+,26-,28-/m0/s1. The van der Waals surface area contributed by atoms with Crippen molar-refractivity contribution < 1.29 is 38.9 Å². The molecule has 1 aliphatic heterocycles. The van der Waals surface area contributed by atoms with Gasteiger partial charge in [-0.05, 0) is 58.8 Å². The molecule has 3 aliphatic carbocycles. The summed E-state index contributed by atoms with van der Waals surface area (Å²) in [5.74, 6) is -3.42. The number of aromatic hydroxyl groups is 2. The van der Waals surface area contributed by atoms with Crippen LogP contribution in [0.15, 0.2) is 69.8 Å². The number of carbonyl (C=O) groups excluding carboxylic acids is 4. The minimum Gasteiger partial charge on any atom is -0.508 e. The van der Waals surface area contributed by atoms with Crippen molar-refractivity contribution in [3.05, 3.63) is 80.9 Å². The van der Waals surface area contributed by atoms with Crippen molar-refractivity contribution in [1.82, 2.24) is 4.90 Å². The van der Waals surface area contributed by atoms with E-state index >= 15 is 0 Å². The van der Waals surface area contributed by atoms with Gasteiger partial charge in [-0.15, -0.1) is 0 Å². The van der Waals surface area contributed by atoms with Crippen LogP contribution in [0.25, 0.3) is 0 Å². The van der Waals surface area contributed by atoms with Gasteiger partial charge in [-0.3, -0.25) is 24.1 Å². The van der Waals surface area contributed by atoms with E-state index < -0.39 is 23.7 Å². The Morgan fingerprint density at radius 1 is 0.976 bits per heavy atom. The van der Waals surface area contributed by atoms with E-state index in [0.717, 1.165) is 5.56 Å². The minimum atomic E-state index is -0.859. The number of benzene rings is 2. The van der Waals surface area contributed by atoms with Crippen LogP contribution in [0.3, 0.4) is 0 Å². The second-order valence-electron chi connectivity index (χ2n) is 10.9. The maximum absolute atomic E-state index is 13.9. The van der Waals surface area contributed by atoms with Crippen LogP contribution in [0.4, 0.5) is 0 Å². The van der Waals surface area contributed by atoms with Crippen LogP contribution in [-0.4, -0.2) is 59.3 Å². The summed E-state index contributed by atoms with van der Waals surface area (Å²) in [4.78, 5) is 55.7. The van der Waals surface area contributed by atoms with Gasteiger partial charge in [0, 0.05) is 47.4 Å². The van der Waals surface area contributed by atoms with E-state index in [4.69, 9.17) is 9.47 Å². The molecule has 1 fully saturated rings. The van der Waals surface area contributed by atoms with Gasteiger partial charge in [0.2, 0.25) is 11.8 Å². The molecule has 0 spiro atoms. The van der Waals surface area contributed by atoms with Crippen LogP contribution in [0.1, 0.15) is 29.9 Å². The number of phenolic OH excluding ortho intramolecular Hbond substituents is 2. The fourth-order valence-electron chi connectivity index (χ4n) is 6.89. The van der Waals surface area contributed by atoms with Gasteiger partial charge in [-0.1, -0.05) is 23.8 Å². The molecule has 2 N–H and O–H groups in total. The largest absolute Gasteiger partial charge is 0.508 e. The van der Waals surface area contributed by atoms with E-state index in [1.54, 1.807) is 30.3 Å². The zero-order chi connectivity index (χ0) is 29.9. The molecule has 10 heteroatoms. The van der Waals surface area contributed by atoms with Crippen molar-refractivity contribution in [3.63, 3.8) is 0 Å². The highest BCUT2D eigenvalue weighted by Crippen LogP contribution is 2.58. The molecule has 216 valence electrons. The third-order valence-corrected chi connectivity index (χ3v) is 9.41. The number of hydrogen-bond acceptors (Lipinski definition) is 8. The van der Waals surface area contributed by atoms with Crippen molar-refractivity contribution in [2.24, 2.45) is 17.8 Å². The second kappa shape index (κ2) is 10.6. The molecule has 1 heterocycles. The first-order chi connectivity index (χ1) is 20.1. The van der Waals surface area contributed by atoms with Crippen molar-refractivity contribution >= 4 is 39.3 Å². The third kappa shape index (κ3) is 4.36. The van der Waals surface area contributed by atoms with Crippen LogP contribution in [0, 0.1) is 17.8 Å². The summed E-state index contributed by atoms with van der Waals surface area (Å²) in [5, 5.41) is 20.8. The first kappa shape index (κ1) is 28.0. The van der Waals surface area contributed by atoms with E-state index in [1.165, 1.54) is 31.3 Å². The number of ether oxygens (including phenoxy) is 2. The van der Waals surface area contributed by atoms with Crippen LogP contribution >= 0.6 is 15.9 Å². The predicted octanol–water partition coefficient (Wildman–Crippen LogP) is 4.12. The maximum Gasteiger partial charge on any atom is 0.233 e. The van der Waals surface area contributed by atoms with E-state index in [9.17, 15) is 29.4 Å². The molecule has 0 saturated carbocycles. The number of ketones is 2. The quantitative estimate of drug-likeness (QED) is 0.276. The Labute approximate surface area is 250 Å². The summed E-state index contributed by atoms with van der Waals surface area (Å²) in [6.45, 7) is 0.188. The normalized spacial score (nSPS) is 25.1. The van der Waals surface area contributed by atoms with Gasteiger partial charge in [-0.2, -0.15) is 0 Å². The molecule has 6 rings (SSSR count). The van der Waals surface area contributed by atoms with Gasteiger partial charge in [0.05, 0.1) is 30.5 Å². The topological polar surface area (TPSA) is 130 Å². The maximum atomic E-state index is 13.9. The van der Waals surface area contributed by atoms with Crippen molar-refractivity contribution in [2.75, 3.05) is 20.8 Å². The molecule has 4 atom stereocenters. The lowest BCUT2D eigenvalue weighted by atomic mass is 9.59. The number of Topliss-reactive ketones (excluding diaryl/α,β-unsaturated/α-hetero) is 1. The average Bonchev–Trinajstić information content (AvgIpc) is 3.23. The van der Waals surface area contributed by atoms with Crippen molar-refractivity contribution in [2.45, 2.75) is 25.2 Å². The summed E-state index contributed by atoms with van der Waals surface area (Å²) in [7, 11) is 2.89. The number of hydrogen-bond donors (Lipinski definition) is 2. The molecule has 2 aromatic rings.